The lowest BCUT2D eigenvalue weighted by atomic mass is 9.97. The van der Waals surface area contributed by atoms with E-state index in [2.05, 4.69) is 9.53 Å². The largest absolute Gasteiger partial charge is 0.488 e. The zero-order chi connectivity index (χ0) is 21.2. The average Bonchev–Trinajstić information content (AvgIpc) is 3.30. The highest BCUT2D eigenvalue weighted by Crippen LogP contribution is 2.45. The van der Waals surface area contributed by atoms with Crippen molar-refractivity contribution in [2.75, 3.05) is 38.3 Å². The van der Waals surface area contributed by atoms with Gasteiger partial charge in [-0.15, -0.1) is 0 Å². The number of nitrogens with one attached hydrogen (secondary N) is 1. The molecule has 3 aromatic heterocycles. The van der Waals surface area contributed by atoms with Gasteiger partial charge in [0.05, 0.1) is 35.3 Å². The Labute approximate surface area is 173 Å². The van der Waals surface area contributed by atoms with Gasteiger partial charge >= 0.3 is 0 Å². The molecule has 158 valence electrons. The standard InChI is InChI=1S/C19H20FN5O4S/c1-8-7-29-16-14(24-4-9(3-21)11(6-24)22-28-2)10(20)5-25-15(16)12(8)17-13(19(25)27)18(26)23-30-17/h5,8-9H,3-4,6-7,21H2,1-2H3,(H,23,26)/t8-,9?/m0/s1. The summed E-state index contributed by atoms with van der Waals surface area (Å²) in [5.41, 5.74) is 7.16. The molecule has 1 unspecified atom stereocenters. The van der Waals surface area contributed by atoms with E-state index in [9.17, 15) is 9.59 Å². The summed E-state index contributed by atoms with van der Waals surface area (Å²) < 4.78 is 25.8. The van der Waals surface area contributed by atoms with Crippen molar-refractivity contribution in [1.29, 1.82) is 0 Å². The number of pyridine rings is 2. The third-order valence-corrected chi connectivity index (χ3v) is 6.73. The number of aromatic nitrogens is 2. The maximum absolute atomic E-state index is 15.4. The van der Waals surface area contributed by atoms with Crippen LogP contribution in [0.3, 0.4) is 0 Å². The van der Waals surface area contributed by atoms with Crippen LogP contribution in [0.25, 0.3) is 15.6 Å². The maximum Gasteiger partial charge on any atom is 0.271 e. The van der Waals surface area contributed by atoms with Gasteiger partial charge in [0.1, 0.15) is 18.2 Å². The van der Waals surface area contributed by atoms with Crippen molar-refractivity contribution in [3.05, 3.63) is 38.3 Å². The van der Waals surface area contributed by atoms with Gasteiger partial charge in [0.15, 0.2) is 11.6 Å². The molecule has 11 heteroatoms. The Morgan fingerprint density at radius 1 is 1.47 bits per heavy atom. The summed E-state index contributed by atoms with van der Waals surface area (Å²) in [6, 6.07) is 0. The number of halogens is 1. The van der Waals surface area contributed by atoms with E-state index in [4.69, 9.17) is 15.3 Å². The van der Waals surface area contributed by atoms with Crippen LogP contribution in [0.4, 0.5) is 10.1 Å². The van der Waals surface area contributed by atoms with E-state index in [1.165, 1.54) is 11.5 Å². The predicted molar refractivity (Wildman–Crippen MR) is 113 cm³/mol. The summed E-state index contributed by atoms with van der Waals surface area (Å²) in [6.45, 7) is 3.42. The van der Waals surface area contributed by atoms with Gasteiger partial charge in [0, 0.05) is 30.5 Å². The normalized spacial score (nSPS) is 22.3. The first kappa shape index (κ1) is 19.1. The first-order chi connectivity index (χ1) is 14.5. The molecule has 3 aromatic rings. The molecule has 2 aliphatic rings. The first-order valence-electron chi connectivity index (χ1n) is 9.55. The van der Waals surface area contributed by atoms with E-state index < -0.39 is 16.9 Å². The fourth-order valence-corrected chi connectivity index (χ4v) is 5.42. The molecule has 0 aliphatic carbocycles. The van der Waals surface area contributed by atoms with Crippen LogP contribution in [0.2, 0.25) is 0 Å². The molecular formula is C19H20FN5O4S. The van der Waals surface area contributed by atoms with Crippen molar-refractivity contribution in [1.82, 2.24) is 8.77 Å². The fraction of sp³-hybridized carbons (Fsp3) is 0.421. The minimum absolute atomic E-state index is 0.0539. The molecule has 2 atom stereocenters. The zero-order valence-corrected chi connectivity index (χ0v) is 17.2. The van der Waals surface area contributed by atoms with Crippen LogP contribution in [0.15, 0.2) is 20.9 Å². The average molecular weight is 433 g/mol. The second-order valence-corrected chi connectivity index (χ2v) is 8.44. The SMILES string of the molecule is CON=C1CN(c2c(F)cn3c(=O)c4c(=O)[nH]sc4c4c3c2OC[C@@H]4C)CC1CN. The van der Waals surface area contributed by atoms with E-state index >= 15 is 4.39 Å². The summed E-state index contributed by atoms with van der Waals surface area (Å²) >= 11 is 1.13. The van der Waals surface area contributed by atoms with Crippen molar-refractivity contribution < 1.29 is 14.0 Å². The van der Waals surface area contributed by atoms with Gasteiger partial charge in [-0.25, -0.2) is 4.39 Å². The molecule has 0 amide bonds. The van der Waals surface area contributed by atoms with E-state index in [0.29, 0.717) is 42.2 Å². The van der Waals surface area contributed by atoms with Gasteiger partial charge in [0.25, 0.3) is 11.1 Å². The number of oxime groups is 1. The highest BCUT2D eigenvalue weighted by molar-refractivity contribution is 7.13. The molecule has 5 rings (SSSR count). The van der Waals surface area contributed by atoms with Gasteiger partial charge in [-0.1, -0.05) is 23.6 Å². The van der Waals surface area contributed by atoms with Gasteiger partial charge in [-0.05, 0) is 0 Å². The molecular weight excluding hydrogens is 413 g/mol. The topological polar surface area (TPSA) is 114 Å². The van der Waals surface area contributed by atoms with Gasteiger partial charge in [-0.2, -0.15) is 0 Å². The highest BCUT2D eigenvalue weighted by atomic mass is 32.1. The Kier molecular flexibility index (Phi) is 4.33. The summed E-state index contributed by atoms with van der Waals surface area (Å²) in [5, 5.41) is 4.09. The lowest BCUT2D eigenvalue weighted by Gasteiger charge is -2.29. The number of nitrogens with zero attached hydrogens (tertiary/aromatic N) is 3. The van der Waals surface area contributed by atoms with Crippen LogP contribution >= 0.6 is 11.5 Å². The number of aromatic amines is 1. The quantitative estimate of drug-likeness (QED) is 0.601. The van der Waals surface area contributed by atoms with Gasteiger partial charge in [0.2, 0.25) is 0 Å². The van der Waals surface area contributed by atoms with E-state index in [0.717, 1.165) is 29.0 Å². The number of nitrogens with two attached hydrogens (primary N) is 1. The molecule has 0 spiro atoms. The number of H-pyrrole nitrogens is 1. The van der Waals surface area contributed by atoms with Crippen molar-refractivity contribution in [3.63, 3.8) is 0 Å². The minimum Gasteiger partial charge on any atom is -0.488 e. The molecule has 0 saturated carbocycles. The molecule has 0 bridgehead atoms. The van der Waals surface area contributed by atoms with Crippen LogP contribution in [0.5, 0.6) is 5.75 Å². The molecule has 9 nitrogen and oxygen atoms in total. The van der Waals surface area contributed by atoms with Crippen molar-refractivity contribution >= 4 is 38.5 Å². The lowest BCUT2D eigenvalue weighted by Crippen LogP contribution is -2.29. The molecule has 5 heterocycles. The van der Waals surface area contributed by atoms with Crippen LogP contribution < -0.4 is 26.5 Å². The molecule has 1 saturated heterocycles. The van der Waals surface area contributed by atoms with E-state index in [1.807, 2.05) is 11.8 Å². The van der Waals surface area contributed by atoms with Crippen molar-refractivity contribution in [2.45, 2.75) is 12.8 Å². The Bertz CT molecular complexity index is 1330. The van der Waals surface area contributed by atoms with E-state index in [1.54, 1.807) is 0 Å². The molecule has 1 fully saturated rings. The van der Waals surface area contributed by atoms with Gasteiger partial charge < -0.3 is 20.2 Å². The number of fused-ring (bicyclic) bond motifs is 2. The zero-order valence-electron chi connectivity index (χ0n) is 16.4. The summed E-state index contributed by atoms with van der Waals surface area (Å²) in [4.78, 5) is 32.0. The van der Waals surface area contributed by atoms with E-state index in [-0.39, 0.29) is 22.9 Å². The number of rotatable bonds is 3. The third kappa shape index (κ3) is 2.51. The number of anilines is 1. The molecule has 0 aromatic carbocycles. The van der Waals surface area contributed by atoms with Crippen LogP contribution in [0, 0.1) is 11.7 Å². The molecule has 2 aliphatic heterocycles. The predicted octanol–water partition coefficient (Wildman–Crippen LogP) is 1.23. The molecule has 0 radical (unpaired) electrons. The lowest BCUT2D eigenvalue weighted by molar-refractivity contribution is 0.211. The van der Waals surface area contributed by atoms with Crippen molar-refractivity contribution in [2.24, 2.45) is 16.8 Å². The van der Waals surface area contributed by atoms with Crippen molar-refractivity contribution in [3.8, 4) is 5.75 Å². The minimum atomic E-state index is -0.611. The number of ether oxygens (including phenoxy) is 1. The Hall–Kier alpha value is -2.92. The highest BCUT2D eigenvalue weighted by Gasteiger charge is 2.36. The smallest absolute Gasteiger partial charge is 0.271 e. The molecule has 30 heavy (non-hydrogen) atoms. The number of hydrogen-bond acceptors (Lipinski definition) is 8. The van der Waals surface area contributed by atoms with Crippen LogP contribution in [-0.4, -0.2) is 47.8 Å². The summed E-state index contributed by atoms with van der Waals surface area (Å²) in [6.07, 6.45) is 1.14. The summed E-state index contributed by atoms with van der Waals surface area (Å²) in [7, 11) is 1.46. The second-order valence-electron chi connectivity index (χ2n) is 7.62. The molecule has 3 N–H and O–H groups in total. The Morgan fingerprint density at radius 3 is 3.00 bits per heavy atom. The monoisotopic (exact) mass is 433 g/mol. The fourth-order valence-electron chi connectivity index (χ4n) is 4.44. The van der Waals surface area contributed by atoms with Crippen LogP contribution in [0.1, 0.15) is 18.4 Å². The Balaban J connectivity index is 1.82. The first-order valence-corrected chi connectivity index (χ1v) is 10.4. The second kappa shape index (κ2) is 6.81. The Morgan fingerprint density at radius 2 is 2.27 bits per heavy atom. The van der Waals surface area contributed by atoms with Gasteiger partial charge in [-0.3, -0.25) is 18.4 Å². The maximum atomic E-state index is 15.4. The van der Waals surface area contributed by atoms with Crippen LogP contribution in [-0.2, 0) is 4.84 Å². The summed E-state index contributed by atoms with van der Waals surface area (Å²) in [5.74, 6) is -0.450. The third-order valence-electron chi connectivity index (χ3n) is 5.82. The number of hydrogen-bond donors (Lipinski definition) is 2.